The van der Waals surface area contributed by atoms with E-state index in [1.54, 1.807) is 5.56 Å². The summed E-state index contributed by atoms with van der Waals surface area (Å²) in [5.74, 6) is 0. The van der Waals surface area contributed by atoms with Gasteiger partial charge in [0.15, 0.2) is 0 Å². The third kappa shape index (κ3) is 3.09. The van der Waals surface area contributed by atoms with Crippen LogP contribution in [0.1, 0.15) is 68.7 Å². The van der Waals surface area contributed by atoms with Crippen molar-refractivity contribution in [2.24, 2.45) is 11.1 Å². The number of hydrogen-bond donors (Lipinski definition) is 1. The van der Waals surface area contributed by atoms with E-state index < -0.39 is 0 Å². The van der Waals surface area contributed by atoms with E-state index in [1.807, 2.05) is 0 Å². The molecule has 2 rings (SSSR count). The van der Waals surface area contributed by atoms with Crippen LogP contribution in [-0.4, -0.2) is 6.54 Å². The molecule has 0 amide bonds. The summed E-state index contributed by atoms with van der Waals surface area (Å²) in [5, 5.41) is 0. The fourth-order valence-electron chi connectivity index (χ4n) is 3.66. The predicted octanol–water partition coefficient (Wildman–Crippen LogP) is 4.66. The summed E-state index contributed by atoms with van der Waals surface area (Å²) in [7, 11) is 0. The molecule has 1 heteroatoms. The molecule has 112 valence electrons. The Morgan fingerprint density at radius 3 is 1.95 bits per heavy atom. The van der Waals surface area contributed by atoms with Gasteiger partial charge in [0.05, 0.1) is 0 Å². The Morgan fingerprint density at radius 2 is 1.55 bits per heavy atom. The highest BCUT2D eigenvalue weighted by atomic mass is 14.6. The molecule has 0 radical (unpaired) electrons. The third-order valence-corrected chi connectivity index (χ3v) is 5.21. The van der Waals surface area contributed by atoms with Crippen LogP contribution in [0.3, 0.4) is 0 Å². The fraction of sp³-hybridized carbons (Fsp3) is 0.684. The summed E-state index contributed by atoms with van der Waals surface area (Å²) in [4.78, 5) is 0. The molecule has 1 aliphatic carbocycles. The number of benzene rings is 1. The second-order valence-electron chi connectivity index (χ2n) is 7.93. The van der Waals surface area contributed by atoms with Crippen molar-refractivity contribution in [1.29, 1.82) is 0 Å². The minimum absolute atomic E-state index is 0.229. The molecule has 1 nitrogen and oxygen atoms in total. The zero-order valence-electron chi connectivity index (χ0n) is 14.0. The van der Waals surface area contributed by atoms with Crippen molar-refractivity contribution in [3.8, 4) is 0 Å². The Kier molecular flexibility index (Phi) is 4.30. The van der Waals surface area contributed by atoms with Gasteiger partial charge >= 0.3 is 0 Å². The van der Waals surface area contributed by atoms with Crippen molar-refractivity contribution in [3.05, 3.63) is 34.4 Å². The Balaban J connectivity index is 2.33. The Hall–Kier alpha value is -0.820. The highest BCUT2D eigenvalue weighted by Crippen LogP contribution is 2.41. The first kappa shape index (κ1) is 15.6. The minimum Gasteiger partial charge on any atom is -0.330 e. The van der Waals surface area contributed by atoms with Gasteiger partial charge in [-0.1, -0.05) is 45.7 Å². The monoisotopic (exact) mass is 273 g/mol. The molecule has 0 aliphatic heterocycles. The van der Waals surface area contributed by atoms with Crippen molar-refractivity contribution in [1.82, 2.24) is 0 Å². The maximum atomic E-state index is 6.12. The molecule has 0 aromatic heterocycles. The Bertz CT molecular complexity index is 450. The SMILES string of the molecule is Cc1cc(C(C)(C)C)cc(C)c1CC1(CN)CCCC1. The molecular formula is C19H31N. The summed E-state index contributed by atoms with van der Waals surface area (Å²) in [5.41, 5.74) is 12.6. The molecule has 1 aliphatic rings. The molecule has 0 saturated heterocycles. The molecule has 2 N–H and O–H groups in total. The van der Waals surface area contributed by atoms with Crippen molar-refractivity contribution < 1.29 is 0 Å². The van der Waals surface area contributed by atoms with Crippen LogP contribution in [0.5, 0.6) is 0 Å². The van der Waals surface area contributed by atoms with Gasteiger partial charge in [0.1, 0.15) is 0 Å². The zero-order valence-corrected chi connectivity index (χ0v) is 14.0. The lowest BCUT2D eigenvalue weighted by atomic mass is 9.76. The van der Waals surface area contributed by atoms with Crippen molar-refractivity contribution in [3.63, 3.8) is 0 Å². The summed E-state index contributed by atoms with van der Waals surface area (Å²) in [6, 6.07) is 4.78. The van der Waals surface area contributed by atoms with E-state index >= 15 is 0 Å². The first-order chi connectivity index (χ1) is 9.27. The zero-order chi connectivity index (χ0) is 15.0. The second kappa shape index (κ2) is 5.52. The normalized spacial score (nSPS) is 18.5. The lowest BCUT2D eigenvalue weighted by Crippen LogP contribution is -2.30. The van der Waals surface area contributed by atoms with Crippen LogP contribution in [-0.2, 0) is 11.8 Å². The Labute approximate surface area is 125 Å². The average Bonchev–Trinajstić information content (AvgIpc) is 2.82. The first-order valence-electron chi connectivity index (χ1n) is 8.08. The highest BCUT2D eigenvalue weighted by molar-refractivity contribution is 5.41. The van der Waals surface area contributed by atoms with Gasteiger partial charge in [0.25, 0.3) is 0 Å². The van der Waals surface area contributed by atoms with Crippen LogP contribution in [0.25, 0.3) is 0 Å². The summed E-state index contributed by atoms with van der Waals surface area (Å²) < 4.78 is 0. The third-order valence-electron chi connectivity index (χ3n) is 5.21. The largest absolute Gasteiger partial charge is 0.330 e. The molecule has 0 unspecified atom stereocenters. The summed E-state index contributed by atoms with van der Waals surface area (Å²) >= 11 is 0. The molecule has 1 fully saturated rings. The molecule has 0 spiro atoms. The van der Waals surface area contributed by atoms with Gasteiger partial charge in [-0.05, 0) is 72.7 Å². The maximum absolute atomic E-state index is 6.12. The Morgan fingerprint density at radius 1 is 1.05 bits per heavy atom. The number of hydrogen-bond acceptors (Lipinski definition) is 1. The van der Waals surface area contributed by atoms with E-state index in [-0.39, 0.29) is 5.41 Å². The predicted molar refractivity (Wildman–Crippen MR) is 88.3 cm³/mol. The lowest BCUT2D eigenvalue weighted by Gasteiger charge is -2.30. The van der Waals surface area contributed by atoms with Crippen LogP contribution < -0.4 is 5.73 Å². The molecule has 1 aromatic carbocycles. The van der Waals surface area contributed by atoms with Crippen LogP contribution in [0, 0.1) is 19.3 Å². The maximum Gasteiger partial charge on any atom is -0.00173 e. The molecule has 0 atom stereocenters. The summed E-state index contributed by atoms with van der Waals surface area (Å²) in [6.45, 7) is 12.3. The van der Waals surface area contributed by atoms with E-state index in [2.05, 4.69) is 46.8 Å². The number of rotatable bonds is 3. The van der Waals surface area contributed by atoms with Crippen LogP contribution in [0.4, 0.5) is 0 Å². The van der Waals surface area contributed by atoms with Gasteiger partial charge in [-0.25, -0.2) is 0 Å². The van der Waals surface area contributed by atoms with Crippen molar-refractivity contribution in [2.45, 2.75) is 72.1 Å². The smallest absolute Gasteiger partial charge is 0.00173 e. The van der Waals surface area contributed by atoms with Crippen LogP contribution in [0.15, 0.2) is 12.1 Å². The quantitative estimate of drug-likeness (QED) is 0.851. The molecule has 0 bridgehead atoms. The van der Waals surface area contributed by atoms with Gasteiger partial charge in [-0.2, -0.15) is 0 Å². The molecular weight excluding hydrogens is 242 g/mol. The average molecular weight is 273 g/mol. The number of nitrogens with two attached hydrogens (primary N) is 1. The van der Waals surface area contributed by atoms with Crippen molar-refractivity contribution in [2.75, 3.05) is 6.54 Å². The van der Waals surface area contributed by atoms with E-state index in [4.69, 9.17) is 5.73 Å². The molecule has 1 saturated carbocycles. The molecule has 20 heavy (non-hydrogen) atoms. The fourth-order valence-corrected chi connectivity index (χ4v) is 3.66. The van der Waals surface area contributed by atoms with Gasteiger partial charge in [0, 0.05) is 0 Å². The van der Waals surface area contributed by atoms with Crippen LogP contribution >= 0.6 is 0 Å². The standard InChI is InChI=1S/C19H31N/c1-14-10-16(18(3,4)5)11-15(2)17(14)12-19(13-20)8-6-7-9-19/h10-11H,6-9,12-13,20H2,1-5H3. The van der Waals surface area contributed by atoms with E-state index in [0.717, 1.165) is 6.54 Å². The van der Waals surface area contributed by atoms with E-state index in [1.165, 1.54) is 48.8 Å². The van der Waals surface area contributed by atoms with Crippen molar-refractivity contribution >= 4 is 0 Å². The van der Waals surface area contributed by atoms with Gasteiger partial charge < -0.3 is 5.73 Å². The van der Waals surface area contributed by atoms with E-state index in [9.17, 15) is 0 Å². The molecule has 0 heterocycles. The van der Waals surface area contributed by atoms with Gasteiger partial charge in [0.2, 0.25) is 0 Å². The minimum atomic E-state index is 0.229. The second-order valence-corrected chi connectivity index (χ2v) is 7.93. The molecule has 1 aromatic rings. The number of aryl methyl sites for hydroxylation is 2. The topological polar surface area (TPSA) is 26.0 Å². The van der Waals surface area contributed by atoms with Gasteiger partial charge in [-0.3, -0.25) is 0 Å². The van der Waals surface area contributed by atoms with E-state index in [0.29, 0.717) is 5.41 Å². The lowest BCUT2D eigenvalue weighted by molar-refractivity contribution is 0.305. The first-order valence-corrected chi connectivity index (χ1v) is 8.08. The summed E-state index contributed by atoms with van der Waals surface area (Å²) in [6.07, 6.45) is 6.50. The van der Waals surface area contributed by atoms with Gasteiger partial charge in [-0.15, -0.1) is 0 Å². The highest BCUT2D eigenvalue weighted by Gasteiger charge is 2.33. The van der Waals surface area contributed by atoms with Crippen LogP contribution in [0.2, 0.25) is 0 Å².